The molecule has 70 valence electrons. The normalized spacial score (nSPS) is 9.33. The molecule has 0 bridgehead atoms. The molecular formula is C8H15NO3. The van der Waals surface area contributed by atoms with Crippen molar-refractivity contribution in [1.29, 1.82) is 0 Å². The lowest BCUT2D eigenvalue weighted by atomic mass is 10.3. The Morgan fingerprint density at radius 2 is 2.33 bits per heavy atom. The van der Waals surface area contributed by atoms with E-state index in [1.165, 1.54) is 0 Å². The summed E-state index contributed by atoms with van der Waals surface area (Å²) in [4.78, 5) is 9.98. The van der Waals surface area contributed by atoms with Crippen molar-refractivity contribution in [3.63, 3.8) is 0 Å². The van der Waals surface area contributed by atoms with Crippen LogP contribution in [0.1, 0.15) is 12.8 Å². The van der Waals surface area contributed by atoms with Crippen LogP contribution in [0.15, 0.2) is 12.7 Å². The van der Waals surface area contributed by atoms with Crippen molar-refractivity contribution in [3.05, 3.63) is 12.7 Å². The van der Waals surface area contributed by atoms with Crippen LogP contribution in [0.3, 0.4) is 0 Å². The molecule has 0 atom stereocenters. The van der Waals surface area contributed by atoms with Crippen molar-refractivity contribution < 1.29 is 14.6 Å². The molecule has 12 heavy (non-hydrogen) atoms. The first kappa shape index (κ1) is 11.0. The zero-order chi connectivity index (χ0) is 9.23. The van der Waals surface area contributed by atoms with E-state index >= 15 is 0 Å². The standard InChI is InChI=1S/C8H15NO3/c1-2-6-12-7-4-3-5-9-8(10)11/h2,9H,1,3-7H2,(H,10,11). The summed E-state index contributed by atoms with van der Waals surface area (Å²) >= 11 is 0. The number of ether oxygens (including phenoxy) is 1. The molecule has 0 aliphatic rings. The van der Waals surface area contributed by atoms with Crippen LogP contribution in [0.5, 0.6) is 0 Å². The molecule has 4 nitrogen and oxygen atoms in total. The van der Waals surface area contributed by atoms with Gasteiger partial charge in [-0.25, -0.2) is 4.79 Å². The first-order chi connectivity index (χ1) is 5.77. The Balaban J connectivity index is 2.90. The molecule has 0 aromatic rings. The average Bonchev–Trinajstić information content (AvgIpc) is 2.02. The fourth-order valence-electron chi connectivity index (χ4n) is 0.691. The second-order valence-electron chi connectivity index (χ2n) is 2.30. The van der Waals surface area contributed by atoms with Gasteiger partial charge in [0.05, 0.1) is 6.61 Å². The number of carboxylic acid groups (broad SMARTS) is 1. The van der Waals surface area contributed by atoms with Crippen LogP contribution < -0.4 is 5.32 Å². The van der Waals surface area contributed by atoms with Gasteiger partial charge < -0.3 is 15.2 Å². The van der Waals surface area contributed by atoms with Gasteiger partial charge in [0, 0.05) is 13.2 Å². The lowest BCUT2D eigenvalue weighted by molar-refractivity contribution is 0.157. The maximum absolute atomic E-state index is 9.98. The van der Waals surface area contributed by atoms with Crippen molar-refractivity contribution in [3.8, 4) is 0 Å². The number of rotatable bonds is 7. The van der Waals surface area contributed by atoms with E-state index in [1.54, 1.807) is 6.08 Å². The van der Waals surface area contributed by atoms with Gasteiger partial charge in [-0.2, -0.15) is 0 Å². The van der Waals surface area contributed by atoms with E-state index in [9.17, 15) is 4.79 Å². The van der Waals surface area contributed by atoms with Crippen molar-refractivity contribution in [2.45, 2.75) is 12.8 Å². The van der Waals surface area contributed by atoms with Gasteiger partial charge in [0.2, 0.25) is 0 Å². The zero-order valence-electron chi connectivity index (χ0n) is 7.08. The quantitative estimate of drug-likeness (QED) is 0.449. The molecule has 0 saturated carbocycles. The Hall–Kier alpha value is -1.03. The summed E-state index contributed by atoms with van der Waals surface area (Å²) in [6, 6.07) is 0. The van der Waals surface area contributed by atoms with Crippen LogP contribution in [0.25, 0.3) is 0 Å². The minimum atomic E-state index is -0.970. The minimum Gasteiger partial charge on any atom is -0.465 e. The Morgan fingerprint density at radius 1 is 1.58 bits per heavy atom. The largest absolute Gasteiger partial charge is 0.465 e. The summed E-state index contributed by atoms with van der Waals surface area (Å²) in [7, 11) is 0. The third-order valence-electron chi connectivity index (χ3n) is 1.23. The Morgan fingerprint density at radius 3 is 2.92 bits per heavy atom. The first-order valence-electron chi connectivity index (χ1n) is 3.93. The molecule has 0 aliphatic carbocycles. The number of hydrogen-bond acceptors (Lipinski definition) is 2. The average molecular weight is 173 g/mol. The van der Waals surface area contributed by atoms with Gasteiger partial charge in [-0.3, -0.25) is 0 Å². The predicted octanol–water partition coefficient (Wildman–Crippen LogP) is 1.24. The van der Waals surface area contributed by atoms with Crippen molar-refractivity contribution >= 4 is 6.09 Å². The second-order valence-corrected chi connectivity index (χ2v) is 2.30. The molecule has 0 radical (unpaired) electrons. The maximum Gasteiger partial charge on any atom is 0.404 e. The lowest BCUT2D eigenvalue weighted by Crippen LogP contribution is -2.21. The van der Waals surface area contributed by atoms with Gasteiger partial charge in [-0.1, -0.05) is 6.08 Å². The van der Waals surface area contributed by atoms with Gasteiger partial charge in [0.1, 0.15) is 0 Å². The number of nitrogens with one attached hydrogen (secondary N) is 1. The van der Waals surface area contributed by atoms with Crippen molar-refractivity contribution in [1.82, 2.24) is 5.32 Å². The van der Waals surface area contributed by atoms with Crippen LogP contribution in [-0.4, -0.2) is 31.0 Å². The molecule has 0 aromatic heterocycles. The molecular weight excluding hydrogens is 158 g/mol. The van der Waals surface area contributed by atoms with E-state index in [-0.39, 0.29) is 0 Å². The molecule has 4 heteroatoms. The summed E-state index contributed by atoms with van der Waals surface area (Å²) in [5.41, 5.74) is 0. The number of hydrogen-bond donors (Lipinski definition) is 2. The molecule has 0 fully saturated rings. The highest BCUT2D eigenvalue weighted by Crippen LogP contribution is 1.88. The van der Waals surface area contributed by atoms with Gasteiger partial charge in [-0.15, -0.1) is 6.58 Å². The lowest BCUT2D eigenvalue weighted by Gasteiger charge is -2.01. The third kappa shape index (κ3) is 8.97. The van der Waals surface area contributed by atoms with Gasteiger partial charge in [0.15, 0.2) is 0 Å². The summed E-state index contributed by atoms with van der Waals surface area (Å²) in [6.07, 6.45) is 2.40. The maximum atomic E-state index is 9.98. The van der Waals surface area contributed by atoms with E-state index in [4.69, 9.17) is 9.84 Å². The van der Waals surface area contributed by atoms with Gasteiger partial charge in [0.25, 0.3) is 0 Å². The summed E-state index contributed by atoms with van der Waals surface area (Å²) in [5, 5.41) is 10.5. The van der Waals surface area contributed by atoms with E-state index < -0.39 is 6.09 Å². The summed E-state index contributed by atoms with van der Waals surface area (Å²) < 4.78 is 5.10. The monoisotopic (exact) mass is 173 g/mol. The Bertz CT molecular complexity index is 136. The van der Waals surface area contributed by atoms with Crippen LogP contribution in [-0.2, 0) is 4.74 Å². The van der Waals surface area contributed by atoms with Gasteiger partial charge >= 0.3 is 6.09 Å². The van der Waals surface area contributed by atoms with E-state index in [0.29, 0.717) is 19.8 Å². The van der Waals surface area contributed by atoms with Crippen LogP contribution in [0.4, 0.5) is 4.79 Å². The van der Waals surface area contributed by atoms with Gasteiger partial charge in [-0.05, 0) is 12.8 Å². The first-order valence-corrected chi connectivity index (χ1v) is 3.93. The number of unbranched alkanes of at least 4 members (excludes halogenated alkanes) is 1. The summed E-state index contributed by atoms with van der Waals surface area (Å²) in [5.74, 6) is 0. The second kappa shape index (κ2) is 8.07. The predicted molar refractivity (Wildman–Crippen MR) is 46.3 cm³/mol. The number of amides is 1. The highest BCUT2D eigenvalue weighted by Gasteiger charge is 1.92. The van der Waals surface area contributed by atoms with Crippen LogP contribution >= 0.6 is 0 Å². The van der Waals surface area contributed by atoms with Crippen LogP contribution in [0, 0.1) is 0 Å². The Kier molecular flexibility index (Phi) is 7.38. The molecule has 0 unspecified atom stereocenters. The number of carbonyl (C=O) groups is 1. The highest BCUT2D eigenvalue weighted by atomic mass is 16.5. The molecule has 0 heterocycles. The molecule has 0 rings (SSSR count). The van der Waals surface area contributed by atoms with Crippen molar-refractivity contribution in [2.75, 3.05) is 19.8 Å². The Labute approximate surface area is 72.2 Å². The van der Waals surface area contributed by atoms with Crippen LogP contribution in [0.2, 0.25) is 0 Å². The molecule has 0 saturated heterocycles. The zero-order valence-corrected chi connectivity index (χ0v) is 7.08. The molecule has 1 amide bonds. The fraction of sp³-hybridized carbons (Fsp3) is 0.625. The molecule has 0 aromatic carbocycles. The highest BCUT2D eigenvalue weighted by molar-refractivity contribution is 5.64. The van der Waals surface area contributed by atoms with Crippen molar-refractivity contribution in [2.24, 2.45) is 0 Å². The summed E-state index contributed by atoms with van der Waals surface area (Å²) in [6.45, 7) is 5.22. The topological polar surface area (TPSA) is 58.6 Å². The van der Waals surface area contributed by atoms with E-state index in [2.05, 4.69) is 11.9 Å². The molecule has 0 aliphatic heterocycles. The fourth-order valence-corrected chi connectivity index (χ4v) is 0.691. The smallest absolute Gasteiger partial charge is 0.404 e. The molecule has 0 spiro atoms. The van der Waals surface area contributed by atoms with E-state index in [0.717, 1.165) is 12.8 Å². The minimum absolute atomic E-state index is 0.493. The van der Waals surface area contributed by atoms with E-state index in [1.807, 2.05) is 0 Å². The molecule has 2 N–H and O–H groups in total. The SMILES string of the molecule is C=CCOCCCCNC(=O)O. The third-order valence-corrected chi connectivity index (χ3v) is 1.23.